The highest BCUT2D eigenvalue weighted by Gasteiger charge is 2.26. The number of hydrogen-bond acceptors (Lipinski definition) is 6. The lowest BCUT2D eigenvalue weighted by Gasteiger charge is -2.36. The van der Waals surface area contributed by atoms with Crippen LogP contribution in [0.2, 0.25) is 0 Å². The van der Waals surface area contributed by atoms with Crippen molar-refractivity contribution in [2.45, 2.75) is 45.8 Å². The summed E-state index contributed by atoms with van der Waals surface area (Å²) < 4.78 is 35.3. The lowest BCUT2D eigenvalue weighted by molar-refractivity contribution is 0.285. The molecule has 0 saturated carbocycles. The molecule has 2 aliphatic rings. The number of fused-ring (bicyclic) bond motifs is 2. The summed E-state index contributed by atoms with van der Waals surface area (Å²) in [5.41, 5.74) is 4.38. The van der Waals surface area contributed by atoms with Crippen LogP contribution in [0.15, 0.2) is 30.6 Å². The van der Waals surface area contributed by atoms with Gasteiger partial charge in [-0.05, 0) is 49.7 Å². The summed E-state index contributed by atoms with van der Waals surface area (Å²) in [6.45, 7) is 7.02. The van der Waals surface area contributed by atoms with Crippen molar-refractivity contribution in [1.29, 1.82) is 0 Å². The Balaban J connectivity index is 1.49. The molecule has 4 heterocycles. The molecule has 0 radical (unpaired) electrons. The van der Waals surface area contributed by atoms with Crippen LogP contribution in [0.5, 0.6) is 5.75 Å². The first-order valence-electron chi connectivity index (χ1n) is 11.3. The zero-order valence-electron chi connectivity index (χ0n) is 19.1. The van der Waals surface area contributed by atoms with Gasteiger partial charge >= 0.3 is 0 Å². The second kappa shape index (κ2) is 8.67. The first-order chi connectivity index (χ1) is 15.9. The van der Waals surface area contributed by atoms with Gasteiger partial charge in [0.1, 0.15) is 18.1 Å². The van der Waals surface area contributed by atoms with Crippen molar-refractivity contribution in [3.8, 4) is 17.0 Å². The van der Waals surface area contributed by atoms with E-state index in [0.717, 1.165) is 31.4 Å². The summed E-state index contributed by atoms with van der Waals surface area (Å²) in [6.07, 6.45) is 4.32. The number of rotatable bonds is 5. The number of aromatic nitrogens is 3. The van der Waals surface area contributed by atoms with Gasteiger partial charge in [-0.25, -0.2) is 18.7 Å². The molecule has 1 atom stereocenters. The van der Waals surface area contributed by atoms with E-state index in [4.69, 9.17) is 4.74 Å². The van der Waals surface area contributed by atoms with Gasteiger partial charge < -0.3 is 9.64 Å². The van der Waals surface area contributed by atoms with Crippen LogP contribution in [0, 0.1) is 11.6 Å². The van der Waals surface area contributed by atoms with E-state index < -0.39 is 11.6 Å². The van der Waals surface area contributed by atoms with E-state index in [1.807, 2.05) is 6.20 Å². The highest BCUT2D eigenvalue weighted by atomic mass is 19.1. The largest absolute Gasteiger partial charge is 0.486 e. The Morgan fingerprint density at radius 1 is 1.06 bits per heavy atom. The van der Waals surface area contributed by atoms with Crippen molar-refractivity contribution >= 4 is 5.69 Å². The average Bonchev–Trinajstić information content (AvgIpc) is 3.18. The van der Waals surface area contributed by atoms with Crippen molar-refractivity contribution in [2.24, 2.45) is 0 Å². The zero-order chi connectivity index (χ0) is 23.1. The van der Waals surface area contributed by atoms with E-state index in [1.54, 1.807) is 6.07 Å². The lowest BCUT2D eigenvalue weighted by atomic mass is 10.1. The predicted octanol–water partition coefficient (Wildman–Crippen LogP) is 4.35. The molecule has 1 aromatic carbocycles. The predicted molar refractivity (Wildman–Crippen MR) is 122 cm³/mol. The maximum Gasteiger partial charge on any atom is 0.178 e. The molecule has 0 N–H and O–H groups in total. The normalized spacial score (nSPS) is 16.3. The third-order valence-corrected chi connectivity index (χ3v) is 6.46. The number of halogens is 2. The number of benzene rings is 1. The summed E-state index contributed by atoms with van der Waals surface area (Å²) in [5.74, 6) is -0.446. The van der Waals surface area contributed by atoms with Crippen molar-refractivity contribution in [3.63, 3.8) is 0 Å². The smallest absolute Gasteiger partial charge is 0.178 e. The quantitative estimate of drug-likeness (QED) is 0.575. The summed E-state index contributed by atoms with van der Waals surface area (Å²) >= 11 is 0. The zero-order valence-corrected chi connectivity index (χ0v) is 19.1. The van der Waals surface area contributed by atoms with Gasteiger partial charge in [0.05, 0.1) is 24.8 Å². The highest BCUT2D eigenvalue weighted by Crippen LogP contribution is 2.39. The molecule has 0 amide bonds. The van der Waals surface area contributed by atoms with Crippen LogP contribution >= 0.6 is 0 Å². The van der Waals surface area contributed by atoms with E-state index in [1.165, 1.54) is 17.2 Å². The molecule has 3 aromatic rings. The summed E-state index contributed by atoms with van der Waals surface area (Å²) in [7, 11) is 2.07. The Hall–Kier alpha value is -3.13. The Morgan fingerprint density at radius 3 is 2.70 bits per heavy atom. The van der Waals surface area contributed by atoms with Crippen LogP contribution in [-0.2, 0) is 19.5 Å². The molecule has 33 heavy (non-hydrogen) atoms. The van der Waals surface area contributed by atoms with Crippen molar-refractivity contribution in [3.05, 3.63) is 64.9 Å². The fourth-order valence-electron chi connectivity index (χ4n) is 4.57. The number of pyridine rings is 1. The molecule has 1 unspecified atom stereocenters. The first-order valence-corrected chi connectivity index (χ1v) is 11.3. The molecule has 0 spiro atoms. The second-order valence-corrected chi connectivity index (χ2v) is 8.88. The van der Waals surface area contributed by atoms with E-state index in [2.05, 4.69) is 51.7 Å². The van der Waals surface area contributed by atoms with Crippen LogP contribution in [0.3, 0.4) is 0 Å². The molecular formula is C25H27F2N5O. The Morgan fingerprint density at radius 2 is 1.88 bits per heavy atom. The molecule has 172 valence electrons. The van der Waals surface area contributed by atoms with Crippen LogP contribution in [-0.4, -0.2) is 46.1 Å². The van der Waals surface area contributed by atoms with Gasteiger partial charge in [-0.2, -0.15) is 0 Å². The molecule has 0 fully saturated rings. The first kappa shape index (κ1) is 21.7. The van der Waals surface area contributed by atoms with E-state index in [0.29, 0.717) is 36.6 Å². The van der Waals surface area contributed by atoms with Crippen molar-refractivity contribution in [2.75, 3.05) is 25.1 Å². The molecule has 0 saturated heterocycles. The number of hydrogen-bond donors (Lipinski definition) is 0. The van der Waals surface area contributed by atoms with E-state index in [9.17, 15) is 8.78 Å². The Kier molecular flexibility index (Phi) is 5.70. The lowest BCUT2D eigenvalue weighted by Crippen LogP contribution is -2.39. The molecule has 6 nitrogen and oxygen atoms in total. The van der Waals surface area contributed by atoms with E-state index in [-0.39, 0.29) is 17.5 Å². The summed E-state index contributed by atoms with van der Waals surface area (Å²) in [5, 5.41) is 0. The Labute approximate surface area is 192 Å². The minimum atomic E-state index is -0.589. The molecule has 2 aliphatic heterocycles. The summed E-state index contributed by atoms with van der Waals surface area (Å²) in [4.78, 5) is 17.5. The fraction of sp³-hybridized carbons (Fsp3) is 0.400. The third-order valence-electron chi connectivity index (χ3n) is 6.46. The molecule has 0 aliphatic carbocycles. The number of anilines is 1. The average molecular weight is 452 g/mol. The molecule has 5 rings (SSSR count). The molecular weight excluding hydrogens is 424 g/mol. The van der Waals surface area contributed by atoms with E-state index >= 15 is 0 Å². The maximum atomic E-state index is 15.0. The van der Waals surface area contributed by atoms with Crippen molar-refractivity contribution in [1.82, 2.24) is 19.9 Å². The number of ether oxygens (including phenoxy) is 1. The monoisotopic (exact) mass is 451 g/mol. The maximum absolute atomic E-state index is 15.0. The van der Waals surface area contributed by atoms with Gasteiger partial charge in [0.2, 0.25) is 0 Å². The second-order valence-electron chi connectivity index (χ2n) is 8.88. The van der Waals surface area contributed by atoms with Crippen LogP contribution < -0.4 is 9.64 Å². The fourth-order valence-corrected chi connectivity index (χ4v) is 4.57. The van der Waals surface area contributed by atoms with Crippen LogP contribution in [0.1, 0.15) is 42.9 Å². The summed E-state index contributed by atoms with van der Waals surface area (Å²) in [6, 6.07) is 5.32. The van der Waals surface area contributed by atoms with Crippen LogP contribution in [0.4, 0.5) is 14.5 Å². The molecule has 8 heteroatoms. The van der Waals surface area contributed by atoms with Crippen LogP contribution in [0.25, 0.3) is 11.3 Å². The SMILES string of the molecule is CCC(C)N1CCOc2c(F)cc(-c3nc(Cc4cc5c(cn4)CN(C)C5)ncc3F)cc21. The topological polar surface area (TPSA) is 54.4 Å². The minimum Gasteiger partial charge on any atom is -0.486 e. The van der Waals surface area contributed by atoms with Gasteiger partial charge in [-0.15, -0.1) is 0 Å². The van der Waals surface area contributed by atoms with Gasteiger partial charge in [0.25, 0.3) is 0 Å². The highest BCUT2D eigenvalue weighted by molar-refractivity contribution is 5.72. The minimum absolute atomic E-state index is 0.0808. The number of nitrogens with zero attached hydrogens (tertiary/aromatic N) is 5. The van der Waals surface area contributed by atoms with Gasteiger partial charge in [0, 0.05) is 36.6 Å². The standard InChI is InChI=1S/C25H27F2N5O/c1-4-15(2)32-5-6-33-25-20(26)8-16(9-22(25)32)24-21(27)12-29-23(30-24)10-19-7-17-13-31(3)14-18(17)11-28-19/h7-9,11-12,15H,4-6,10,13-14H2,1-3H3. The van der Waals surface area contributed by atoms with Crippen molar-refractivity contribution < 1.29 is 13.5 Å². The van der Waals surface area contributed by atoms with Gasteiger partial charge in [-0.3, -0.25) is 9.88 Å². The molecule has 2 aromatic heterocycles. The molecule has 0 bridgehead atoms. The Bertz CT molecular complexity index is 1200. The van der Waals surface area contributed by atoms with Gasteiger partial charge in [-0.1, -0.05) is 6.92 Å². The van der Waals surface area contributed by atoms with Gasteiger partial charge in [0.15, 0.2) is 17.4 Å². The third kappa shape index (κ3) is 4.15.